The molecule has 2 aromatic rings. The molecule has 0 fully saturated rings. The first-order valence-corrected chi connectivity index (χ1v) is 9.03. The van der Waals surface area contributed by atoms with Crippen molar-refractivity contribution in [3.8, 4) is 6.07 Å². The number of nitrogens with one attached hydrogen (secondary N) is 1. The van der Waals surface area contributed by atoms with Crippen LogP contribution in [0.1, 0.15) is 5.56 Å². The van der Waals surface area contributed by atoms with Gasteiger partial charge in [-0.2, -0.15) is 5.26 Å². The summed E-state index contributed by atoms with van der Waals surface area (Å²) in [4.78, 5) is 38.4. The average molecular weight is 381 g/mol. The van der Waals surface area contributed by atoms with Crippen molar-refractivity contribution in [1.29, 1.82) is 5.26 Å². The number of nitrogens with zero attached hydrogens (tertiary/aromatic N) is 2. The number of esters is 1. The van der Waals surface area contributed by atoms with Gasteiger partial charge >= 0.3 is 5.97 Å². The summed E-state index contributed by atoms with van der Waals surface area (Å²) in [5, 5.41) is 11.4. The van der Waals surface area contributed by atoms with Crippen LogP contribution in [0.15, 0.2) is 53.4 Å². The second-order valence-electron chi connectivity index (χ2n) is 5.64. The minimum atomic E-state index is -0.675. The van der Waals surface area contributed by atoms with Crippen LogP contribution < -0.4 is 10.2 Å². The molecule has 1 N–H and O–H groups in total. The molecule has 136 valence electrons. The molecule has 2 aromatic carbocycles. The maximum Gasteiger partial charge on any atom is 0.326 e. The van der Waals surface area contributed by atoms with Crippen molar-refractivity contribution in [2.45, 2.75) is 4.90 Å². The van der Waals surface area contributed by atoms with E-state index in [0.29, 0.717) is 16.9 Å². The van der Waals surface area contributed by atoms with Gasteiger partial charge in [0.1, 0.15) is 6.54 Å². The van der Waals surface area contributed by atoms with Gasteiger partial charge in [-0.1, -0.05) is 18.2 Å². The zero-order chi connectivity index (χ0) is 19.2. The molecular weight excluding hydrogens is 366 g/mol. The Hall–Kier alpha value is -3.31. The summed E-state index contributed by atoms with van der Waals surface area (Å²) in [5.74, 6) is -1.14. The van der Waals surface area contributed by atoms with Gasteiger partial charge in [0.2, 0.25) is 5.91 Å². The molecule has 0 radical (unpaired) electrons. The number of carbonyl (C=O) groups is 3. The number of thioether (sulfide) groups is 1. The minimum Gasteiger partial charge on any atom is -0.454 e. The molecule has 1 aliphatic heterocycles. The number of carbonyl (C=O) groups excluding carboxylic acids is 3. The highest BCUT2D eigenvalue weighted by Crippen LogP contribution is 2.34. The number of anilines is 2. The van der Waals surface area contributed by atoms with Gasteiger partial charge in [-0.3, -0.25) is 19.3 Å². The summed E-state index contributed by atoms with van der Waals surface area (Å²) < 4.78 is 4.98. The van der Waals surface area contributed by atoms with Crippen LogP contribution in [0.4, 0.5) is 11.4 Å². The van der Waals surface area contributed by atoms with E-state index in [0.717, 1.165) is 4.90 Å². The van der Waals surface area contributed by atoms with E-state index in [1.807, 2.05) is 18.2 Å². The van der Waals surface area contributed by atoms with Crippen LogP contribution in [0.3, 0.4) is 0 Å². The third-order valence-corrected chi connectivity index (χ3v) is 4.78. The lowest BCUT2D eigenvalue weighted by Gasteiger charge is -2.27. The number of benzene rings is 2. The topological polar surface area (TPSA) is 99.5 Å². The minimum absolute atomic E-state index is 0.187. The molecule has 1 aliphatic rings. The zero-order valence-corrected chi connectivity index (χ0v) is 15.0. The summed E-state index contributed by atoms with van der Waals surface area (Å²) in [6.45, 7) is -0.734. The van der Waals surface area contributed by atoms with E-state index in [2.05, 4.69) is 5.32 Å². The van der Waals surface area contributed by atoms with Crippen LogP contribution in [-0.4, -0.2) is 36.7 Å². The Morgan fingerprint density at radius 1 is 1.22 bits per heavy atom. The van der Waals surface area contributed by atoms with Crippen LogP contribution in [0, 0.1) is 11.3 Å². The second-order valence-corrected chi connectivity index (χ2v) is 6.65. The Morgan fingerprint density at radius 2 is 2.04 bits per heavy atom. The fourth-order valence-electron chi connectivity index (χ4n) is 2.51. The molecular formula is C19H15N3O4S. The van der Waals surface area contributed by atoms with Gasteiger partial charge in [0.15, 0.2) is 6.61 Å². The first-order chi connectivity index (χ1) is 13.1. The zero-order valence-electron chi connectivity index (χ0n) is 14.2. The smallest absolute Gasteiger partial charge is 0.326 e. The second kappa shape index (κ2) is 8.38. The Bertz CT molecular complexity index is 939. The summed E-state index contributed by atoms with van der Waals surface area (Å²) in [6, 6.07) is 15.7. The van der Waals surface area contributed by atoms with Crippen molar-refractivity contribution in [2.24, 2.45) is 0 Å². The van der Waals surface area contributed by atoms with Gasteiger partial charge in [-0.25, -0.2) is 0 Å². The van der Waals surface area contributed by atoms with E-state index >= 15 is 0 Å². The van der Waals surface area contributed by atoms with Gasteiger partial charge in [0.05, 0.1) is 23.1 Å². The molecule has 0 aliphatic carbocycles. The van der Waals surface area contributed by atoms with Crippen molar-refractivity contribution < 1.29 is 19.1 Å². The SMILES string of the molecule is N#Cc1cccc(NC(=O)COC(=O)CN2C(=O)CSc3ccccc32)c1. The monoisotopic (exact) mass is 381 g/mol. The lowest BCUT2D eigenvalue weighted by Crippen LogP contribution is -2.40. The van der Waals surface area contributed by atoms with Gasteiger partial charge < -0.3 is 10.1 Å². The molecule has 2 amide bonds. The van der Waals surface area contributed by atoms with Crippen molar-refractivity contribution in [3.05, 3.63) is 54.1 Å². The molecule has 7 nitrogen and oxygen atoms in total. The molecule has 8 heteroatoms. The normalized spacial score (nSPS) is 12.7. The number of hydrogen-bond acceptors (Lipinski definition) is 6. The number of amides is 2. The third-order valence-electron chi connectivity index (χ3n) is 3.74. The Labute approximate surface area is 159 Å². The van der Waals surface area contributed by atoms with Crippen LogP contribution >= 0.6 is 11.8 Å². The molecule has 0 unspecified atom stereocenters. The molecule has 1 heterocycles. The summed E-state index contributed by atoms with van der Waals surface area (Å²) >= 11 is 1.42. The number of nitriles is 1. The average Bonchev–Trinajstić information content (AvgIpc) is 2.69. The highest BCUT2D eigenvalue weighted by atomic mass is 32.2. The Kier molecular flexibility index (Phi) is 5.74. The van der Waals surface area contributed by atoms with Crippen molar-refractivity contribution >= 4 is 40.9 Å². The maximum atomic E-state index is 12.1. The number of para-hydroxylation sites is 1. The van der Waals surface area contributed by atoms with Crippen molar-refractivity contribution in [3.63, 3.8) is 0 Å². The molecule has 0 aromatic heterocycles. The van der Waals surface area contributed by atoms with E-state index in [9.17, 15) is 14.4 Å². The summed E-state index contributed by atoms with van der Waals surface area (Å²) in [5.41, 5.74) is 1.51. The van der Waals surface area contributed by atoms with Gasteiger partial charge in [0.25, 0.3) is 5.91 Å². The first-order valence-electron chi connectivity index (χ1n) is 8.04. The standard InChI is InChI=1S/C19H15N3O4S/c20-9-13-4-3-5-14(8-13)21-17(23)11-26-19(25)10-22-15-6-1-2-7-16(15)27-12-18(22)24/h1-8H,10-12H2,(H,21,23). The van der Waals surface area contributed by atoms with Gasteiger partial charge in [-0.15, -0.1) is 11.8 Å². The van der Waals surface area contributed by atoms with E-state index in [1.165, 1.54) is 22.7 Å². The highest BCUT2D eigenvalue weighted by Gasteiger charge is 2.26. The summed E-state index contributed by atoms with van der Waals surface area (Å²) in [6.07, 6.45) is 0. The number of ether oxygens (including phenoxy) is 1. The molecule has 0 bridgehead atoms. The quantitative estimate of drug-likeness (QED) is 0.797. The lowest BCUT2D eigenvalue weighted by atomic mass is 10.2. The van der Waals surface area contributed by atoms with Crippen LogP contribution in [0.2, 0.25) is 0 Å². The number of rotatable bonds is 5. The molecule has 0 saturated carbocycles. The van der Waals surface area contributed by atoms with E-state index in [4.69, 9.17) is 10.00 Å². The third kappa shape index (κ3) is 4.65. The lowest BCUT2D eigenvalue weighted by molar-refractivity contribution is -0.146. The van der Waals surface area contributed by atoms with Crippen molar-refractivity contribution in [2.75, 3.05) is 29.1 Å². The van der Waals surface area contributed by atoms with Crippen LogP contribution in [-0.2, 0) is 19.1 Å². The highest BCUT2D eigenvalue weighted by molar-refractivity contribution is 8.00. The van der Waals surface area contributed by atoms with Gasteiger partial charge in [-0.05, 0) is 30.3 Å². The number of fused-ring (bicyclic) bond motifs is 1. The molecule has 0 spiro atoms. The molecule has 3 rings (SSSR count). The first kappa shape index (κ1) is 18.5. The fraction of sp³-hybridized carbons (Fsp3) is 0.158. The largest absolute Gasteiger partial charge is 0.454 e. The van der Waals surface area contributed by atoms with Crippen LogP contribution in [0.25, 0.3) is 0 Å². The van der Waals surface area contributed by atoms with E-state index < -0.39 is 18.5 Å². The predicted octanol–water partition coefficient (Wildman–Crippen LogP) is 2.18. The van der Waals surface area contributed by atoms with Crippen molar-refractivity contribution in [1.82, 2.24) is 0 Å². The Balaban J connectivity index is 1.54. The summed E-state index contributed by atoms with van der Waals surface area (Å²) in [7, 11) is 0. The molecule has 0 atom stereocenters. The van der Waals surface area contributed by atoms with E-state index in [-0.39, 0.29) is 18.2 Å². The maximum absolute atomic E-state index is 12.1. The molecule has 0 saturated heterocycles. The fourth-order valence-corrected chi connectivity index (χ4v) is 3.45. The van der Waals surface area contributed by atoms with Crippen LogP contribution in [0.5, 0.6) is 0 Å². The molecule has 27 heavy (non-hydrogen) atoms. The van der Waals surface area contributed by atoms with Gasteiger partial charge in [0, 0.05) is 10.6 Å². The van der Waals surface area contributed by atoms with E-state index in [1.54, 1.807) is 30.3 Å². The Morgan fingerprint density at radius 3 is 2.85 bits per heavy atom. The number of hydrogen-bond donors (Lipinski definition) is 1. The predicted molar refractivity (Wildman–Crippen MR) is 100 cm³/mol.